The molecule has 0 saturated carbocycles. The minimum atomic E-state index is -0.894. The number of esters is 1. The van der Waals surface area contributed by atoms with Crippen molar-refractivity contribution in [2.75, 3.05) is 0 Å². The largest absolute Gasteiger partial charge is 0.459 e. The molecule has 1 atom stereocenters. The summed E-state index contributed by atoms with van der Waals surface area (Å²) < 4.78 is 10.6. The third-order valence-corrected chi connectivity index (χ3v) is 5.04. The number of nitrogens with one attached hydrogen (secondary N) is 1. The molecule has 1 N–H and O–H groups in total. The lowest BCUT2D eigenvalue weighted by molar-refractivity contribution is -0.146. The average molecular weight is 414 g/mol. The predicted octanol–water partition coefficient (Wildman–Crippen LogP) is 3.92. The minimum Gasteiger partial charge on any atom is -0.459 e. The summed E-state index contributed by atoms with van der Waals surface area (Å²) in [6, 6.07) is 10.7. The molecule has 0 aliphatic carbocycles. The van der Waals surface area contributed by atoms with E-state index in [1.807, 2.05) is 26.0 Å². The summed E-state index contributed by atoms with van der Waals surface area (Å²) in [5.41, 5.74) is 2.61. The van der Waals surface area contributed by atoms with E-state index in [-0.39, 0.29) is 12.2 Å². The Morgan fingerprint density at radius 2 is 1.90 bits per heavy atom. The van der Waals surface area contributed by atoms with Crippen molar-refractivity contribution in [3.8, 4) is 0 Å². The molecule has 0 radical (unpaired) electrons. The van der Waals surface area contributed by atoms with Gasteiger partial charge in [-0.05, 0) is 44.0 Å². The van der Waals surface area contributed by atoms with Crippen LogP contribution in [0.5, 0.6) is 0 Å². The lowest BCUT2D eigenvalue weighted by atomic mass is 10.0. The number of rotatable bonds is 5. The Balaban J connectivity index is 1.72. The van der Waals surface area contributed by atoms with Gasteiger partial charge < -0.3 is 14.5 Å². The molecule has 6 nitrogen and oxygen atoms in total. The first-order valence-electron chi connectivity index (χ1n) is 9.03. The van der Waals surface area contributed by atoms with Crippen LogP contribution in [0, 0.1) is 13.8 Å². The summed E-state index contributed by atoms with van der Waals surface area (Å²) in [6.45, 7) is 5.19. The van der Waals surface area contributed by atoms with Crippen LogP contribution in [-0.4, -0.2) is 17.9 Å². The van der Waals surface area contributed by atoms with Crippen molar-refractivity contribution in [3.63, 3.8) is 0 Å². The molecule has 0 aliphatic heterocycles. The molecular weight excluding hydrogens is 394 g/mol. The Morgan fingerprint density at radius 1 is 1.17 bits per heavy atom. The highest BCUT2D eigenvalue weighted by Crippen LogP contribution is 2.23. The molecule has 1 amide bonds. The first-order valence-corrected chi connectivity index (χ1v) is 9.40. The molecule has 7 heteroatoms. The van der Waals surface area contributed by atoms with E-state index in [1.165, 1.54) is 13.0 Å². The van der Waals surface area contributed by atoms with Crippen LogP contribution in [-0.2, 0) is 16.1 Å². The number of hydrogen-bond acceptors (Lipinski definition) is 5. The Hall–Kier alpha value is -3.12. The molecule has 2 aromatic carbocycles. The normalized spacial score (nSPS) is 11.9. The van der Waals surface area contributed by atoms with E-state index in [9.17, 15) is 14.4 Å². The Labute approximate surface area is 172 Å². The van der Waals surface area contributed by atoms with Crippen molar-refractivity contribution in [2.45, 2.75) is 33.4 Å². The van der Waals surface area contributed by atoms with Crippen LogP contribution in [0.15, 0.2) is 51.7 Å². The molecule has 3 aromatic rings. The zero-order valence-electron chi connectivity index (χ0n) is 16.2. The van der Waals surface area contributed by atoms with E-state index >= 15 is 0 Å². The Bertz CT molecular complexity index is 1150. The first kappa shape index (κ1) is 20.6. The van der Waals surface area contributed by atoms with E-state index in [4.69, 9.17) is 20.8 Å². The van der Waals surface area contributed by atoms with Gasteiger partial charge in [-0.1, -0.05) is 35.9 Å². The molecular formula is C22H20ClNO5. The molecule has 29 heavy (non-hydrogen) atoms. The van der Waals surface area contributed by atoms with Gasteiger partial charge in [-0.25, -0.2) is 9.59 Å². The molecule has 1 heterocycles. The second-order valence-electron chi connectivity index (χ2n) is 6.76. The van der Waals surface area contributed by atoms with Gasteiger partial charge in [-0.2, -0.15) is 0 Å². The van der Waals surface area contributed by atoms with Crippen molar-refractivity contribution in [2.24, 2.45) is 0 Å². The standard InChI is InChI=1S/C22H20ClNO5/c1-12-8-9-16-15(10-19(25)29-20(16)13(12)2)11-28-22(27)14(3)24-21(26)17-6-4-5-7-18(17)23/h4-10,14H,11H2,1-3H3,(H,24,26)/t14-/m0/s1. The summed E-state index contributed by atoms with van der Waals surface area (Å²) in [4.78, 5) is 36.5. The van der Waals surface area contributed by atoms with Crippen molar-refractivity contribution in [1.82, 2.24) is 5.32 Å². The molecule has 3 rings (SSSR count). The van der Waals surface area contributed by atoms with Crippen LogP contribution in [0.25, 0.3) is 11.0 Å². The number of carbonyl (C=O) groups is 2. The highest BCUT2D eigenvalue weighted by molar-refractivity contribution is 6.33. The van der Waals surface area contributed by atoms with Gasteiger partial charge in [0, 0.05) is 17.0 Å². The fourth-order valence-corrected chi connectivity index (χ4v) is 3.12. The van der Waals surface area contributed by atoms with Gasteiger partial charge in [0.05, 0.1) is 10.6 Å². The molecule has 150 valence electrons. The van der Waals surface area contributed by atoms with Crippen molar-refractivity contribution < 1.29 is 18.7 Å². The number of carbonyl (C=O) groups excluding carboxylic acids is 2. The van der Waals surface area contributed by atoms with E-state index in [1.54, 1.807) is 24.3 Å². The SMILES string of the molecule is Cc1ccc2c(COC(=O)[C@H](C)NC(=O)c3ccccc3Cl)cc(=O)oc2c1C. The van der Waals surface area contributed by atoms with Crippen LogP contribution in [0.1, 0.15) is 34.0 Å². The number of benzene rings is 2. The topological polar surface area (TPSA) is 85.6 Å². The number of ether oxygens (including phenoxy) is 1. The molecule has 0 aliphatic rings. The molecule has 0 spiro atoms. The zero-order valence-corrected chi connectivity index (χ0v) is 17.0. The quantitative estimate of drug-likeness (QED) is 0.506. The predicted molar refractivity (Wildman–Crippen MR) is 110 cm³/mol. The number of aryl methyl sites for hydroxylation is 2. The van der Waals surface area contributed by atoms with Crippen molar-refractivity contribution in [1.29, 1.82) is 0 Å². The number of fused-ring (bicyclic) bond motifs is 1. The van der Waals surface area contributed by atoms with Crippen molar-refractivity contribution >= 4 is 34.4 Å². The third kappa shape index (κ3) is 4.49. The van der Waals surface area contributed by atoms with Gasteiger partial charge >= 0.3 is 11.6 Å². The maximum atomic E-state index is 12.3. The Morgan fingerprint density at radius 3 is 2.62 bits per heavy atom. The highest BCUT2D eigenvalue weighted by atomic mass is 35.5. The molecule has 1 aromatic heterocycles. The van der Waals surface area contributed by atoms with Gasteiger partial charge in [0.15, 0.2) is 0 Å². The highest BCUT2D eigenvalue weighted by Gasteiger charge is 2.20. The molecule has 0 bridgehead atoms. The van der Waals surface area contributed by atoms with Gasteiger partial charge in [-0.15, -0.1) is 0 Å². The van der Waals surface area contributed by atoms with Gasteiger partial charge in [0.1, 0.15) is 18.2 Å². The summed E-state index contributed by atoms with van der Waals surface area (Å²) in [7, 11) is 0. The summed E-state index contributed by atoms with van der Waals surface area (Å²) in [5, 5.41) is 3.55. The smallest absolute Gasteiger partial charge is 0.336 e. The second-order valence-corrected chi connectivity index (χ2v) is 7.16. The fourth-order valence-electron chi connectivity index (χ4n) is 2.90. The number of halogens is 1. The van der Waals surface area contributed by atoms with Crippen LogP contribution in [0.3, 0.4) is 0 Å². The number of hydrogen-bond donors (Lipinski definition) is 1. The maximum absolute atomic E-state index is 12.3. The van der Waals surface area contributed by atoms with Crippen LogP contribution >= 0.6 is 11.6 Å². The zero-order chi connectivity index (χ0) is 21.1. The summed E-state index contributed by atoms with van der Waals surface area (Å²) in [5.74, 6) is -1.10. The van der Waals surface area contributed by atoms with E-state index in [0.29, 0.717) is 21.6 Å². The second kappa shape index (κ2) is 8.49. The van der Waals surface area contributed by atoms with Crippen LogP contribution in [0.4, 0.5) is 0 Å². The molecule has 0 unspecified atom stereocenters. The van der Waals surface area contributed by atoms with Crippen LogP contribution < -0.4 is 10.9 Å². The van der Waals surface area contributed by atoms with E-state index < -0.39 is 23.5 Å². The number of amides is 1. The molecule has 0 saturated heterocycles. The van der Waals surface area contributed by atoms with Gasteiger partial charge in [0.25, 0.3) is 5.91 Å². The third-order valence-electron chi connectivity index (χ3n) is 4.71. The lowest BCUT2D eigenvalue weighted by Gasteiger charge is -2.15. The van der Waals surface area contributed by atoms with Crippen molar-refractivity contribution in [3.05, 3.63) is 80.2 Å². The van der Waals surface area contributed by atoms with Gasteiger partial charge in [-0.3, -0.25) is 4.79 Å². The molecule has 0 fully saturated rings. The fraction of sp³-hybridized carbons (Fsp3) is 0.227. The first-order chi connectivity index (χ1) is 13.8. The van der Waals surface area contributed by atoms with E-state index in [2.05, 4.69) is 5.32 Å². The maximum Gasteiger partial charge on any atom is 0.336 e. The monoisotopic (exact) mass is 413 g/mol. The van der Waals surface area contributed by atoms with E-state index in [0.717, 1.165) is 11.1 Å². The Kier molecular flexibility index (Phi) is 6.03. The van der Waals surface area contributed by atoms with Gasteiger partial charge in [0.2, 0.25) is 0 Å². The minimum absolute atomic E-state index is 0.115. The van der Waals surface area contributed by atoms with Crippen LogP contribution in [0.2, 0.25) is 5.02 Å². The summed E-state index contributed by atoms with van der Waals surface area (Å²) >= 11 is 6.00. The lowest BCUT2D eigenvalue weighted by Crippen LogP contribution is -2.39. The summed E-state index contributed by atoms with van der Waals surface area (Å²) in [6.07, 6.45) is 0. The average Bonchev–Trinajstić information content (AvgIpc) is 2.69.